The van der Waals surface area contributed by atoms with E-state index in [9.17, 15) is 0 Å². The molecule has 176 valence electrons. The van der Waals surface area contributed by atoms with Gasteiger partial charge in [-0.2, -0.15) is 10.2 Å². The number of nitrogens with two attached hydrogens (primary N) is 1. The monoisotopic (exact) mass is 597 g/mol. The van der Waals surface area contributed by atoms with Crippen molar-refractivity contribution in [3.8, 4) is 0 Å². The first-order valence-corrected chi connectivity index (χ1v) is 12.1. The first-order chi connectivity index (χ1) is 15.7. The highest BCUT2D eigenvalue weighted by Gasteiger charge is 2.08. The molecule has 4 aromatic heterocycles. The standard InChI is InChI=1S/C11H13BrN4.C6H11N3.C4H2BrClN2/c1-3-10-8(7-16(2)15-10)4-11-13-5-9(12)6-14-11;1-3-6-5(7)4-9(2)8-6;5-3-1-7-4(6)8-2-3/h5-7H,3-4H2,1-2H3;4H,3,7H2,1-2H3;1-2H. The Labute approximate surface area is 215 Å². The highest BCUT2D eigenvalue weighted by Crippen LogP contribution is 2.12. The number of hydrogen-bond donors (Lipinski definition) is 1. The maximum atomic E-state index is 5.57. The van der Waals surface area contributed by atoms with Gasteiger partial charge in [0.1, 0.15) is 5.82 Å². The Hall–Kier alpha value is -2.37. The summed E-state index contributed by atoms with van der Waals surface area (Å²) in [7, 11) is 3.81. The van der Waals surface area contributed by atoms with Crippen molar-refractivity contribution in [2.45, 2.75) is 33.1 Å². The molecular formula is C21H26Br2ClN9. The number of aromatic nitrogens is 8. The molecule has 4 heterocycles. The van der Waals surface area contributed by atoms with Crippen LogP contribution in [0.1, 0.15) is 36.6 Å². The Morgan fingerprint density at radius 3 is 1.73 bits per heavy atom. The largest absolute Gasteiger partial charge is 0.396 e. The van der Waals surface area contributed by atoms with Crippen LogP contribution in [0.3, 0.4) is 0 Å². The fraction of sp³-hybridized carbons (Fsp3) is 0.333. The molecule has 0 aromatic carbocycles. The predicted molar refractivity (Wildman–Crippen MR) is 137 cm³/mol. The number of nitrogen functional groups attached to an aromatic ring is 1. The first-order valence-electron chi connectivity index (χ1n) is 10.1. The lowest BCUT2D eigenvalue weighted by Gasteiger charge is -1.99. The molecule has 2 N–H and O–H groups in total. The van der Waals surface area contributed by atoms with Gasteiger partial charge in [0.2, 0.25) is 5.28 Å². The lowest BCUT2D eigenvalue weighted by Crippen LogP contribution is -1.97. The van der Waals surface area contributed by atoms with Crippen LogP contribution >= 0.6 is 43.5 Å². The molecule has 0 radical (unpaired) electrons. The smallest absolute Gasteiger partial charge is 0.222 e. The molecule has 12 heteroatoms. The van der Waals surface area contributed by atoms with Crippen LogP contribution in [0.4, 0.5) is 5.69 Å². The van der Waals surface area contributed by atoms with Gasteiger partial charge in [0.25, 0.3) is 0 Å². The van der Waals surface area contributed by atoms with Gasteiger partial charge in [0, 0.05) is 63.3 Å². The highest BCUT2D eigenvalue weighted by molar-refractivity contribution is 9.10. The summed E-state index contributed by atoms with van der Waals surface area (Å²) < 4.78 is 5.31. The zero-order valence-corrected chi connectivity index (χ0v) is 22.8. The molecule has 0 spiro atoms. The molecule has 4 aromatic rings. The molecule has 9 nitrogen and oxygen atoms in total. The predicted octanol–water partition coefficient (Wildman–Crippen LogP) is 4.58. The van der Waals surface area contributed by atoms with E-state index in [2.05, 4.69) is 68.9 Å². The summed E-state index contributed by atoms with van der Waals surface area (Å²) in [5.41, 5.74) is 9.66. The van der Waals surface area contributed by atoms with Crippen LogP contribution in [0.5, 0.6) is 0 Å². The van der Waals surface area contributed by atoms with Gasteiger partial charge in [0.15, 0.2) is 0 Å². The molecule has 0 aliphatic rings. The fourth-order valence-electron chi connectivity index (χ4n) is 2.75. The van der Waals surface area contributed by atoms with Crippen LogP contribution in [0.15, 0.2) is 46.1 Å². The summed E-state index contributed by atoms with van der Waals surface area (Å²) in [4.78, 5) is 15.9. The van der Waals surface area contributed by atoms with Crippen molar-refractivity contribution in [1.29, 1.82) is 0 Å². The van der Waals surface area contributed by atoms with Gasteiger partial charge in [-0.05, 0) is 56.3 Å². The van der Waals surface area contributed by atoms with Crippen LogP contribution in [0.25, 0.3) is 0 Å². The lowest BCUT2D eigenvalue weighted by molar-refractivity contribution is 0.746. The average molecular weight is 600 g/mol. The number of anilines is 1. The first kappa shape index (κ1) is 26.9. The minimum Gasteiger partial charge on any atom is -0.396 e. The van der Waals surface area contributed by atoms with Crippen molar-refractivity contribution in [2.24, 2.45) is 14.1 Å². The Bertz CT molecular complexity index is 1100. The molecule has 0 bridgehead atoms. The number of nitrogens with zero attached hydrogens (tertiary/aromatic N) is 8. The van der Waals surface area contributed by atoms with E-state index in [-0.39, 0.29) is 5.28 Å². The van der Waals surface area contributed by atoms with Gasteiger partial charge in [-0.25, -0.2) is 19.9 Å². The molecule has 0 atom stereocenters. The van der Waals surface area contributed by atoms with E-state index in [1.165, 1.54) is 5.56 Å². The fourth-order valence-corrected chi connectivity index (χ4v) is 3.26. The van der Waals surface area contributed by atoms with Crippen molar-refractivity contribution in [1.82, 2.24) is 39.5 Å². The van der Waals surface area contributed by atoms with Gasteiger partial charge in [-0.15, -0.1) is 0 Å². The maximum absolute atomic E-state index is 5.57. The van der Waals surface area contributed by atoms with E-state index in [4.69, 9.17) is 17.3 Å². The molecule has 0 saturated carbocycles. The summed E-state index contributed by atoms with van der Waals surface area (Å²) in [5.74, 6) is 0.825. The number of aryl methyl sites for hydroxylation is 4. The van der Waals surface area contributed by atoms with E-state index in [0.717, 1.165) is 51.1 Å². The van der Waals surface area contributed by atoms with Gasteiger partial charge >= 0.3 is 0 Å². The second kappa shape index (κ2) is 13.4. The second-order valence-electron chi connectivity index (χ2n) is 6.85. The summed E-state index contributed by atoms with van der Waals surface area (Å²) in [6.45, 7) is 4.15. The van der Waals surface area contributed by atoms with E-state index in [0.29, 0.717) is 0 Å². The van der Waals surface area contributed by atoms with Crippen molar-refractivity contribution >= 4 is 49.1 Å². The highest BCUT2D eigenvalue weighted by atomic mass is 79.9. The topological polar surface area (TPSA) is 113 Å². The van der Waals surface area contributed by atoms with Crippen molar-refractivity contribution in [2.75, 3.05) is 5.73 Å². The average Bonchev–Trinajstić information content (AvgIpc) is 3.32. The molecule has 0 saturated heterocycles. The maximum Gasteiger partial charge on any atom is 0.222 e. The van der Waals surface area contributed by atoms with Crippen LogP contribution in [-0.4, -0.2) is 39.5 Å². The van der Waals surface area contributed by atoms with Gasteiger partial charge in [-0.3, -0.25) is 9.36 Å². The van der Waals surface area contributed by atoms with Gasteiger partial charge in [-0.1, -0.05) is 13.8 Å². The molecule has 0 aliphatic carbocycles. The zero-order chi connectivity index (χ0) is 24.4. The number of halogens is 3. The third-order valence-electron chi connectivity index (χ3n) is 4.21. The minimum atomic E-state index is 0.271. The Morgan fingerprint density at radius 1 is 0.818 bits per heavy atom. The summed E-state index contributed by atoms with van der Waals surface area (Å²) in [5, 5.41) is 8.79. The van der Waals surface area contributed by atoms with Crippen LogP contribution in [0, 0.1) is 0 Å². The summed E-state index contributed by atoms with van der Waals surface area (Å²) in [6, 6.07) is 0. The number of hydrogen-bond acceptors (Lipinski definition) is 7. The lowest BCUT2D eigenvalue weighted by atomic mass is 10.1. The van der Waals surface area contributed by atoms with Crippen LogP contribution in [-0.2, 0) is 33.4 Å². The van der Waals surface area contributed by atoms with Gasteiger partial charge < -0.3 is 5.73 Å². The normalized spacial score (nSPS) is 10.2. The Kier molecular flexibility index (Phi) is 10.9. The Morgan fingerprint density at radius 2 is 1.30 bits per heavy atom. The molecule has 33 heavy (non-hydrogen) atoms. The van der Waals surface area contributed by atoms with Crippen molar-refractivity contribution < 1.29 is 0 Å². The molecule has 0 fully saturated rings. The van der Waals surface area contributed by atoms with Crippen molar-refractivity contribution in [3.63, 3.8) is 0 Å². The zero-order valence-electron chi connectivity index (χ0n) is 18.9. The van der Waals surface area contributed by atoms with E-state index < -0.39 is 0 Å². The van der Waals surface area contributed by atoms with Gasteiger partial charge in [0.05, 0.1) is 26.0 Å². The quantitative estimate of drug-likeness (QED) is 0.342. The second-order valence-corrected chi connectivity index (χ2v) is 9.02. The summed E-state index contributed by atoms with van der Waals surface area (Å²) >= 11 is 11.9. The van der Waals surface area contributed by atoms with E-state index in [1.54, 1.807) is 29.5 Å². The summed E-state index contributed by atoms with van der Waals surface area (Å²) in [6.07, 6.45) is 13.2. The third kappa shape index (κ3) is 9.18. The van der Waals surface area contributed by atoms with E-state index >= 15 is 0 Å². The molecular weight excluding hydrogens is 574 g/mol. The molecule has 0 aliphatic heterocycles. The Balaban J connectivity index is 0.000000192. The number of rotatable bonds is 4. The van der Waals surface area contributed by atoms with Crippen LogP contribution < -0.4 is 5.73 Å². The molecule has 4 rings (SSSR count). The minimum absolute atomic E-state index is 0.271. The molecule has 0 unspecified atom stereocenters. The third-order valence-corrected chi connectivity index (χ3v) is 5.22. The van der Waals surface area contributed by atoms with Crippen LogP contribution in [0.2, 0.25) is 5.28 Å². The molecule has 0 amide bonds. The van der Waals surface area contributed by atoms with Crippen molar-refractivity contribution in [3.05, 3.63) is 74.2 Å². The van der Waals surface area contributed by atoms with E-state index in [1.807, 2.05) is 38.1 Å². The SMILES string of the molecule is CCc1nn(C)cc1Cc1ncc(Br)cn1.CCc1nn(C)cc1N.Clc1ncc(Br)cn1.